The van der Waals surface area contributed by atoms with Crippen LogP contribution in [0.3, 0.4) is 0 Å². The first-order valence-electron chi connectivity index (χ1n) is 8.43. The molecule has 130 valence electrons. The molecule has 0 spiro atoms. The number of aryl methyl sites for hydroxylation is 1. The summed E-state index contributed by atoms with van der Waals surface area (Å²) in [5.41, 5.74) is 15.0. The second-order valence-corrected chi connectivity index (χ2v) is 6.30. The fourth-order valence-corrected chi connectivity index (χ4v) is 2.69. The van der Waals surface area contributed by atoms with E-state index in [0.717, 1.165) is 39.7 Å². The molecular formula is C19H24N6. The fourth-order valence-electron chi connectivity index (χ4n) is 2.69. The number of fused-ring (bicyclic) bond motifs is 2. The van der Waals surface area contributed by atoms with Crippen molar-refractivity contribution in [3.8, 4) is 0 Å². The summed E-state index contributed by atoms with van der Waals surface area (Å²) < 4.78 is 3.90. The van der Waals surface area contributed by atoms with Crippen molar-refractivity contribution in [3.05, 3.63) is 48.8 Å². The molecule has 25 heavy (non-hydrogen) atoms. The van der Waals surface area contributed by atoms with Gasteiger partial charge in [0, 0.05) is 40.9 Å². The van der Waals surface area contributed by atoms with Crippen molar-refractivity contribution in [2.24, 2.45) is 0 Å². The normalized spacial score (nSPS) is 11.0. The van der Waals surface area contributed by atoms with Crippen molar-refractivity contribution in [1.82, 2.24) is 19.6 Å². The second kappa shape index (κ2) is 6.84. The van der Waals surface area contributed by atoms with Crippen LogP contribution in [-0.4, -0.2) is 19.6 Å². The number of nitrogens with two attached hydrogens (primary N) is 2. The van der Waals surface area contributed by atoms with E-state index < -0.39 is 0 Å². The van der Waals surface area contributed by atoms with Crippen LogP contribution in [-0.2, 0) is 6.54 Å². The summed E-state index contributed by atoms with van der Waals surface area (Å²) in [4.78, 5) is 0. The van der Waals surface area contributed by atoms with Gasteiger partial charge in [0.1, 0.15) is 0 Å². The summed E-state index contributed by atoms with van der Waals surface area (Å²) in [7, 11) is 0. The molecule has 2 aromatic carbocycles. The molecule has 0 aliphatic carbocycles. The van der Waals surface area contributed by atoms with E-state index in [1.165, 1.54) is 0 Å². The summed E-state index contributed by atoms with van der Waals surface area (Å²) >= 11 is 0. The predicted octanol–water partition coefficient (Wildman–Crippen LogP) is 3.84. The van der Waals surface area contributed by atoms with Crippen LogP contribution in [0, 0.1) is 0 Å². The lowest BCUT2D eigenvalue weighted by Crippen LogP contribution is -1.99. The molecule has 0 saturated heterocycles. The van der Waals surface area contributed by atoms with Crippen LogP contribution in [0.5, 0.6) is 0 Å². The molecule has 6 nitrogen and oxygen atoms in total. The molecular weight excluding hydrogens is 312 g/mol. The zero-order valence-electron chi connectivity index (χ0n) is 14.8. The van der Waals surface area contributed by atoms with Crippen LogP contribution in [0.1, 0.15) is 26.8 Å². The van der Waals surface area contributed by atoms with Crippen LogP contribution in [0.4, 0.5) is 11.4 Å². The van der Waals surface area contributed by atoms with Gasteiger partial charge in [0.25, 0.3) is 0 Å². The molecule has 2 heterocycles. The first kappa shape index (κ1) is 16.8. The minimum absolute atomic E-state index is 0.397. The van der Waals surface area contributed by atoms with E-state index in [9.17, 15) is 0 Å². The number of anilines is 2. The number of benzene rings is 2. The Morgan fingerprint density at radius 1 is 1.00 bits per heavy atom. The van der Waals surface area contributed by atoms with E-state index in [1.54, 1.807) is 0 Å². The molecule has 2 aromatic heterocycles. The monoisotopic (exact) mass is 336 g/mol. The lowest BCUT2D eigenvalue weighted by molar-refractivity contribution is 0.537. The maximum atomic E-state index is 5.67. The van der Waals surface area contributed by atoms with E-state index in [-0.39, 0.29) is 0 Å². The lowest BCUT2D eigenvalue weighted by Gasteiger charge is -2.02. The third-order valence-electron chi connectivity index (χ3n) is 4.04. The van der Waals surface area contributed by atoms with Crippen LogP contribution in [0.25, 0.3) is 21.8 Å². The highest BCUT2D eigenvalue weighted by Gasteiger charge is 2.02. The van der Waals surface area contributed by atoms with Crippen molar-refractivity contribution in [3.63, 3.8) is 0 Å². The third kappa shape index (κ3) is 3.57. The number of nitrogens with zero attached hydrogens (tertiary/aromatic N) is 4. The van der Waals surface area contributed by atoms with Gasteiger partial charge in [-0.25, -0.2) is 0 Å². The summed E-state index contributed by atoms with van der Waals surface area (Å²) in [6.45, 7) is 7.18. The average Bonchev–Trinajstić information content (AvgIpc) is 3.18. The maximum absolute atomic E-state index is 5.67. The Bertz CT molecular complexity index is 996. The minimum atomic E-state index is 0.397. The zero-order valence-corrected chi connectivity index (χ0v) is 14.8. The largest absolute Gasteiger partial charge is 0.399 e. The number of aromatic nitrogens is 4. The molecule has 0 atom stereocenters. The second-order valence-electron chi connectivity index (χ2n) is 6.30. The van der Waals surface area contributed by atoms with Crippen molar-refractivity contribution >= 4 is 33.2 Å². The Kier molecular flexibility index (Phi) is 4.61. The van der Waals surface area contributed by atoms with E-state index >= 15 is 0 Å². The first-order valence-corrected chi connectivity index (χ1v) is 8.43. The number of rotatable bonds is 2. The van der Waals surface area contributed by atoms with Gasteiger partial charge in [0.2, 0.25) is 0 Å². The molecule has 0 fully saturated rings. The number of nitrogen functional groups attached to an aromatic ring is 2. The molecule has 6 heteroatoms. The van der Waals surface area contributed by atoms with Gasteiger partial charge >= 0.3 is 0 Å². The summed E-state index contributed by atoms with van der Waals surface area (Å²) in [6.07, 6.45) is 3.87. The van der Waals surface area contributed by atoms with Gasteiger partial charge in [0.05, 0.1) is 17.2 Å². The molecule has 0 aliphatic heterocycles. The molecule has 0 unspecified atom stereocenters. The molecule has 4 aromatic rings. The fraction of sp³-hybridized carbons (Fsp3) is 0.263. The van der Waals surface area contributed by atoms with Crippen LogP contribution in [0.2, 0.25) is 0 Å². The van der Waals surface area contributed by atoms with E-state index in [1.807, 2.05) is 58.2 Å². The molecule has 4 rings (SSSR count). The zero-order chi connectivity index (χ0) is 18.0. The highest BCUT2D eigenvalue weighted by atomic mass is 15.3. The number of hydrogen-bond acceptors (Lipinski definition) is 4. The molecule has 0 radical (unpaired) electrons. The SMILES string of the molecule is CC(C)n1cc2cc(N)ccc2n1.CCn1ncc2cc(N)ccc21. The summed E-state index contributed by atoms with van der Waals surface area (Å²) in [5, 5.41) is 10.8. The van der Waals surface area contributed by atoms with Gasteiger partial charge < -0.3 is 11.5 Å². The van der Waals surface area contributed by atoms with Gasteiger partial charge in [-0.3, -0.25) is 9.36 Å². The van der Waals surface area contributed by atoms with Crippen LogP contribution < -0.4 is 11.5 Å². The average molecular weight is 336 g/mol. The van der Waals surface area contributed by atoms with E-state index in [2.05, 4.69) is 31.0 Å². The van der Waals surface area contributed by atoms with Crippen molar-refractivity contribution in [2.75, 3.05) is 11.5 Å². The Hall–Kier alpha value is -3.02. The molecule has 0 bridgehead atoms. The molecule has 4 N–H and O–H groups in total. The van der Waals surface area contributed by atoms with Gasteiger partial charge in [-0.1, -0.05) is 0 Å². The Balaban J connectivity index is 0.000000146. The van der Waals surface area contributed by atoms with Gasteiger partial charge in [-0.2, -0.15) is 10.2 Å². The standard InChI is InChI=1S/C10H13N3.C9H11N3/c1-7(2)13-6-8-5-9(11)3-4-10(8)12-13;1-2-12-9-4-3-8(10)5-7(9)6-11-12/h3-7H,11H2,1-2H3;3-6H,2,10H2,1H3. The van der Waals surface area contributed by atoms with Crippen LogP contribution >= 0.6 is 0 Å². The van der Waals surface area contributed by atoms with Crippen molar-refractivity contribution in [1.29, 1.82) is 0 Å². The summed E-state index contributed by atoms with van der Waals surface area (Å²) in [6, 6.07) is 12.0. The lowest BCUT2D eigenvalue weighted by atomic mass is 10.2. The topological polar surface area (TPSA) is 87.7 Å². The van der Waals surface area contributed by atoms with E-state index in [0.29, 0.717) is 6.04 Å². The highest BCUT2D eigenvalue weighted by Crippen LogP contribution is 2.18. The molecule has 0 aliphatic rings. The predicted molar refractivity (Wildman–Crippen MR) is 104 cm³/mol. The molecule has 0 amide bonds. The highest BCUT2D eigenvalue weighted by molar-refractivity contribution is 5.82. The van der Waals surface area contributed by atoms with Crippen LogP contribution in [0.15, 0.2) is 48.8 Å². The minimum Gasteiger partial charge on any atom is -0.399 e. The smallest absolute Gasteiger partial charge is 0.0924 e. The van der Waals surface area contributed by atoms with Crippen molar-refractivity contribution in [2.45, 2.75) is 33.4 Å². The quantitative estimate of drug-likeness (QED) is 0.544. The van der Waals surface area contributed by atoms with Gasteiger partial charge in [0.15, 0.2) is 0 Å². The van der Waals surface area contributed by atoms with Gasteiger partial charge in [-0.05, 0) is 57.2 Å². The Morgan fingerprint density at radius 3 is 2.36 bits per heavy atom. The third-order valence-corrected chi connectivity index (χ3v) is 4.04. The Labute approximate surface area is 147 Å². The van der Waals surface area contributed by atoms with Gasteiger partial charge in [-0.15, -0.1) is 0 Å². The summed E-state index contributed by atoms with van der Waals surface area (Å²) in [5.74, 6) is 0. The Morgan fingerprint density at radius 2 is 1.68 bits per heavy atom. The molecule has 0 saturated carbocycles. The van der Waals surface area contributed by atoms with E-state index in [4.69, 9.17) is 11.5 Å². The number of hydrogen-bond donors (Lipinski definition) is 2. The van der Waals surface area contributed by atoms with Crippen molar-refractivity contribution < 1.29 is 0 Å². The first-order chi connectivity index (χ1) is 12.0. The maximum Gasteiger partial charge on any atom is 0.0924 e.